The first-order valence-corrected chi connectivity index (χ1v) is 5.93. The van der Waals surface area contributed by atoms with Crippen molar-refractivity contribution in [3.8, 4) is 5.75 Å². The van der Waals surface area contributed by atoms with Crippen molar-refractivity contribution in [1.82, 2.24) is 0 Å². The van der Waals surface area contributed by atoms with Crippen LogP contribution in [0.15, 0.2) is 36.4 Å². The van der Waals surface area contributed by atoms with Gasteiger partial charge < -0.3 is 9.47 Å². The van der Waals surface area contributed by atoms with Gasteiger partial charge in [0.15, 0.2) is 0 Å². The van der Waals surface area contributed by atoms with E-state index in [2.05, 4.69) is 20.7 Å². The topological polar surface area (TPSA) is 35.5 Å². The minimum Gasteiger partial charge on any atom is -0.489 e. The summed E-state index contributed by atoms with van der Waals surface area (Å²) in [5.74, 6) is 0.147. The van der Waals surface area contributed by atoms with E-state index in [0.717, 1.165) is 5.33 Å². The van der Waals surface area contributed by atoms with E-state index in [9.17, 15) is 4.79 Å². The number of ether oxygens (including phenoxy) is 2. The van der Waals surface area contributed by atoms with E-state index in [1.165, 1.54) is 7.11 Å². The van der Waals surface area contributed by atoms with Crippen LogP contribution in [0.25, 0.3) is 0 Å². The normalized spacial score (nSPS) is 10.4. The molecule has 0 N–H and O–H groups in total. The smallest absolute Gasteiger partial charge is 0.341 e. The van der Waals surface area contributed by atoms with Gasteiger partial charge in [-0.2, -0.15) is 0 Å². The summed E-state index contributed by atoms with van der Waals surface area (Å²) >= 11 is 3.27. The summed E-state index contributed by atoms with van der Waals surface area (Å²) in [6, 6.07) is 7.01. The SMILES string of the molecule is COC(=O)c1ccccc1OC/C=C/CBr. The minimum absolute atomic E-state index is 0.389. The number of esters is 1. The molecule has 0 radical (unpaired) electrons. The highest BCUT2D eigenvalue weighted by Crippen LogP contribution is 2.18. The van der Waals surface area contributed by atoms with Crippen molar-refractivity contribution >= 4 is 21.9 Å². The third-order valence-electron chi connectivity index (χ3n) is 1.88. The second kappa shape index (κ2) is 7.06. The van der Waals surface area contributed by atoms with E-state index in [4.69, 9.17) is 4.74 Å². The fourth-order valence-electron chi connectivity index (χ4n) is 1.14. The lowest BCUT2D eigenvalue weighted by molar-refractivity contribution is 0.0596. The molecule has 0 aliphatic rings. The average molecular weight is 285 g/mol. The number of carbonyl (C=O) groups is 1. The highest BCUT2D eigenvalue weighted by molar-refractivity contribution is 9.09. The Morgan fingerprint density at radius 3 is 2.81 bits per heavy atom. The molecule has 3 nitrogen and oxygen atoms in total. The summed E-state index contributed by atoms with van der Waals surface area (Å²) in [4.78, 5) is 11.4. The van der Waals surface area contributed by atoms with Crippen LogP contribution in [0, 0.1) is 0 Å². The fourth-order valence-corrected chi connectivity index (χ4v) is 1.40. The molecule has 16 heavy (non-hydrogen) atoms. The Bertz CT molecular complexity index is 374. The van der Waals surface area contributed by atoms with Crippen LogP contribution in [0.2, 0.25) is 0 Å². The van der Waals surface area contributed by atoms with Gasteiger partial charge in [0.2, 0.25) is 0 Å². The summed E-state index contributed by atoms with van der Waals surface area (Å²) in [6.07, 6.45) is 3.81. The van der Waals surface area contributed by atoms with Crippen molar-refractivity contribution in [3.05, 3.63) is 42.0 Å². The van der Waals surface area contributed by atoms with Crippen molar-refractivity contribution in [2.24, 2.45) is 0 Å². The van der Waals surface area contributed by atoms with E-state index >= 15 is 0 Å². The molecule has 0 fully saturated rings. The first-order chi connectivity index (χ1) is 7.79. The van der Waals surface area contributed by atoms with Gasteiger partial charge in [0.1, 0.15) is 17.9 Å². The van der Waals surface area contributed by atoms with Gasteiger partial charge in [-0.1, -0.05) is 40.2 Å². The maximum Gasteiger partial charge on any atom is 0.341 e. The number of alkyl halides is 1. The van der Waals surface area contributed by atoms with Crippen molar-refractivity contribution in [3.63, 3.8) is 0 Å². The zero-order valence-electron chi connectivity index (χ0n) is 8.98. The monoisotopic (exact) mass is 284 g/mol. The largest absolute Gasteiger partial charge is 0.489 e. The standard InChI is InChI=1S/C12H13BrO3/c1-15-12(14)10-6-2-3-7-11(10)16-9-5-4-8-13/h2-7H,8-9H2,1H3/b5-4+. The number of rotatable bonds is 5. The van der Waals surface area contributed by atoms with Gasteiger partial charge in [-0.25, -0.2) is 4.79 Å². The highest BCUT2D eigenvalue weighted by Gasteiger charge is 2.11. The summed E-state index contributed by atoms with van der Waals surface area (Å²) < 4.78 is 10.1. The molecule has 0 saturated heterocycles. The predicted molar refractivity (Wildman–Crippen MR) is 66.2 cm³/mol. The zero-order chi connectivity index (χ0) is 11.8. The fraction of sp³-hybridized carbons (Fsp3) is 0.250. The maximum absolute atomic E-state index is 11.4. The van der Waals surface area contributed by atoms with Crippen LogP contribution < -0.4 is 4.74 Å². The zero-order valence-corrected chi connectivity index (χ0v) is 10.6. The van der Waals surface area contributed by atoms with E-state index in [0.29, 0.717) is 17.9 Å². The molecule has 0 aliphatic carbocycles. The second-order valence-electron chi connectivity index (χ2n) is 2.92. The van der Waals surface area contributed by atoms with E-state index < -0.39 is 0 Å². The van der Waals surface area contributed by atoms with E-state index in [1.54, 1.807) is 18.2 Å². The highest BCUT2D eigenvalue weighted by atomic mass is 79.9. The first-order valence-electron chi connectivity index (χ1n) is 4.80. The molecule has 86 valence electrons. The van der Waals surface area contributed by atoms with Gasteiger partial charge in [-0.3, -0.25) is 0 Å². The van der Waals surface area contributed by atoms with Gasteiger partial charge in [0, 0.05) is 5.33 Å². The van der Waals surface area contributed by atoms with Gasteiger partial charge >= 0.3 is 5.97 Å². The molecule has 1 aromatic carbocycles. The van der Waals surface area contributed by atoms with Gasteiger partial charge in [0.25, 0.3) is 0 Å². The lowest BCUT2D eigenvalue weighted by atomic mass is 10.2. The molecule has 0 aliphatic heterocycles. The summed E-state index contributed by atoms with van der Waals surface area (Å²) in [5.41, 5.74) is 0.442. The molecule has 0 saturated carbocycles. The molecule has 0 heterocycles. The molecule has 0 bridgehead atoms. The lowest BCUT2D eigenvalue weighted by Crippen LogP contribution is -2.05. The summed E-state index contributed by atoms with van der Waals surface area (Å²) in [6.45, 7) is 0.430. The van der Waals surface area contributed by atoms with Crippen LogP contribution in [-0.2, 0) is 4.74 Å². The molecule has 1 aromatic rings. The van der Waals surface area contributed by atoms with Crippen LogP contribution in [0.1, 0.15) is 10.4 Å². The van der Waals surface area contributed by atoms with Crippen molar-refractivity contribution in [2.45, 2.75) is 0 Å². The Labute approximate surface area is 103 Å². The number of para-hydroxylation sites is 1. The Hall–Kier alpha value is -1.29. The van der Waals surface area contributed by atoms with Crippen molar-refractivity contribution in [1.29, 1.82) is 0 Å². The van der Waals surface area contributed by atoms with Crippen LogP contribution in [-0.4, -0.2) is 25.0 Å². The van der Waals surface area contributed by atoms with Crippen molar-refractivity contribution < 1.29 is 14.3 Å². The Morgan fingerprint density at radius 2 is 2.12 bits per heavy atom. The van der Waals surface area contributed by atoms with E-state index in [1.807, 2.05) is 18.2 Å². The molecule has 0 atom stereocenters. The Kier molecular flexibility index (Phi) is 5.64. The van der Waals surface area contributed by atoms with Crippen LogP contribution in [0.4, 0.5) is 0 Å². The number of carbonyl (C=O) groups excluding carboxylic acids is 1. The molecular formula is C12H13BrO3. The van der Waals surface area contributed by atoms with Crippen LogP contribution in [0.3, 0.4) is 0 Å². The molecular weight excluding hydrogens is 272 g/mol. The second-order valence-corrected chi connectivity index (χ2v) is 3.57. The number of methoxy groups -OCH3 is 1. The first kappa shape index (κ1) is 12.8. The Balaban J connectivity index is 2.71. The predicted octanol–water partition coefficient (Wildman–Crippen LogP) is 2.80. The average Bonchev–Trinajstić information content (AvgIpc) is 2.34. The molecule has 0 amide bonds. The molecule has 4 heteroatoms. The molecule has 0 aromatic heterocycles. The number of halogens is 1. The minimum atomic E-state index is -0.389. The number of hydrogen-bond donors (Lipinski definition) is 0. The van der Waals surface area contributed by atoms with E-state index in [-0.39, 0.29) is 5.97 Å². The quantitative estimate of drug-likeness (QED) is 0.474. The number of allylic oxidation sites excluding steroid dienone is 1. The number of benzene rings is 1. The van der Waals surface area contributed by atoms with Gasteiger partial charge in [0.05, 0.1) is 7.11 Å². The molecule has 1 rings (SSSR count). The summed E-state index contributed by atoms with van der Waals surface area (Å²) in [5, 5.41) is 0.787. The lowest BCUT2D eigenvalue weighted by Gasteiger charge is -2.07. The van der Waals surface area contributed by atoms with Gasteiger partial charge in [-0.15, -0.1) is 0 Å². The van der Waals surface area contributed by atoms with Gasteiger partial charge in [-0.05, 0) is 12.1 Å². The molecule has 0 spiro atoms. The summed E-state index contributed by atoms with van der Waals surface area (Å²) in [7, 11) is 1.35. The maximum atomic E-state index is 11.4. The van der Waals surface area contributed by atoms with Crippen LogP contribution >= 0.6 is 15.9 Å². The third kappa shape index (κ3) is 3.70. The Morgan fingerprint density at radius 1 is 1.38 bits per heavy atom. The molecule has 0 unspecified atom stereocenters. The van der Waals surface area contributed by atoms with Crippen LogP contribution in [0.5, 0.6) is 5.75 Å². The van der Waals surface area contributed by atoms with Crippen molar-refractivity contribution in [2.75, 3.05) is 19.0 Å². The third-order valence-corrected chi connectivity index (χ3v) is 2.26. The number of hydrogen-bond acceptors (Lipinski definition) is 3.